The zero-order valence-corrected chi connectivity index (χ0v) is 13.4. The molecule has 1 saturated heterocycles. The maximum Gasteiger partial charge on any atom is 0.244 e. The van der Waals surface area contributed by atoms with Crippen LogP contribution in [0, 0.1) is 0 Å². The van der Waals surface area contributed by atoms with Crippen LogP contribution in [0.25, 0.3) is 0 Å². The zero-order valence-electron chi connectivity index (χ0n) is 11.7. The molecule has 1 aromatic heterocycles. The van der Waals surface area contributed by atoms with Crippen LogP contribution >= 0.6 is 0 Å². The van der Waals surface area contributed by atoms with Gasteiger partial charge in [-0.2, -0.15) is 0 Å². The van der Waals surface area contributed by atoms with Crippen LogP contribution in [0.4, 0.5) is 5.82 Å². The minimum atomic E-state index is -3.72. The highest BCUT2D eigenvalue weighted by Gasteiger charge is 2.28. The van der Waals surface area contributed by atoms with Gasteiger partial charge in [-0.05, 0) is 31.9 Å². The van der Waals surface area contributed by atoms with Gasteiger partial charge >= 0.3 is 0 Å². The van der Waals surface area contributed by atoms with Gasteiger partial charge in [0.15, 0.2) is 0 Å². The van der Waals surface area contributed by atoms with Crippen LogP contribution in [-0.4, -0.2) is 45.9 Å². The van der Waals surface area contributed by atoms with Crippen LogP contribution in [0.2, 0.25) is 0 Å². The molecule has 21 heavy (non-hydrogen) atoms. The summed E-state index contributed by atoms with van der Waals surface area (Å²) in [5, 5.41) is 2.91. The number of nitrogens with one attached hydrogen (secondary N) is 2. The van der Waals surface area contributed by atoms with E-state index in [-0.39, 0.29) is 22.4 Å². The molecule has 0 spiro atoms. The Morgan fingerprint density at radius 1 is 1.33 bits per heavy atom. The molecule has 0 amide bonds. The van der Waals surface area contributed by atoms with Gasteiger partial charge in [-0.1, -0.05) is 0 Å². The minimum absolute atomic E-state index is 0.0211. The second kappa shape index (κ2) is 6.29. The van der Waals surface area contributed by atoms with E-state index in [0.29, 0.717) is 25.2 Å². The molecule has 1 fully saturated rings. The first-order valence-electron chi connectivity index (χ1n) is 6.76. The van der Waals surface area contributed by atoms with Crippen LogP contribution in [0.3, 0.4) is 0 Å². The second-order valence-corrected chi connectivity index (χ2v) is 8.91. The van der Waals surface area contributed by atoms with Crippen molar-refractivity contribution in [3.63, 3.8) is 0 Å². The molecule has 1 aromatic rings. The standard InChI is InChI=1S/C12H19N3O4S2/c1-2-13-12-11(4-3-7-14-12)21(18,19)15-10-5-8-20(16,17)9-6-10/h3-4,7,10,15H,2,5-6,8-9H2,1H3,(H,13,14). The van der Waals surface area contributed by atoms with Gasteiger partial charge in [0, 0.05) is 18.8 Å². The molecule has 0 aromatic carbocycles. The van der Waals surface area contributed by atoms with E-state index >= 15 is 0 Å². The lowest BCUT2D eigenvalue weighted by Crippen LogP contribution is -2.41. The molecule has 0 radical (unpaired) electrons. The third-order valence-corrected chi connectivity index (χ3v) is 6.55. The summed E-state index contributed by atoms with van der Waals surface area (Å²) >= 11 is 0. The Kier molecular flexibility index (Phi) is 4.84. The van der Waals surface area contributed by atoms with Gasteiger partial charge in [0.1, 0.15) is 20.6 Å². The van der Waals surface area contributed by atoms with Crippen molar-refractivity contribution >= 4 is 25.7 Å². The summed E-state index contributed by atoms with van der Waals surface area (Å²) in [6, 6.07) is 2.68. The molecule has 0 atom stereocenters. The lowest BCUT2D eigenvalue weighted by atomic mass is 10.2. The second-order valence-electron chi connectivity index (χ2n) is 4.93. The topological polar surface area (TPSA) is 105 Å². The van der Waals surface area contributed by atoms with E-state index in [4.69, 9.17) is 0 Å². The molecular weight excluding hydrogens is 314 g/mol. The van der Waals surface area contributed by atoms with Crippen molar-refractivity contribution in [2.24, 2.45) is 0 Å². The summed E-state index contributed by atoms with van der Waals surface area (Å²) in [5.41, 5.74) is 0. The van der Waals surface area contributed by atoms with Gasteiger partial charge in [0.2, 0.25) is 10.0 Å². The van der Waals surface area contributed by atoms with Crippen molar-refractivity contribution in [1.29, 1.82) is 0 Å². The maximum atomic E-state index is 12.4. The van der Waals surface area contributed by atoms with Gasteiger partial charge < -0.3 is 5.32 Å². The molecule has 1 aliphatic heterocycles. The fraction of sp³-hybridized carbons (Fsp3) is 0.583. The number of nitrogens with zero attached hydrogens (tertiary/aromatic N) is 1. The zero-order chi connectivity index (χ0) is 15.5. The monoisotopic (exact) mass is 333 g/mol. The van der Waals surface area contributed by atoms with E-state index in [1.54, 1.807) is 6.07 Å². The number of aromatic nitrogens is 1. The summed E-state index contributed by atoms with van der Waals surface area (Å²) in [5.74, 6) is 0.344. The lowest BCUT2D eigenvalue weighted by Gasteiger charge is -2.23. The molecule has 118 valence electrons. The van der Waals surface area contributed by atoms with Crippen molar-refractivity contribution in [2.75, 3.05) is 23.4 Å². The number of rotatable bonds is 5. The third kappa shape index (κ3) is 4.14. The highest BCUT2D eigenvalue weighted by molar-refractivity contribution is 7.91. The number of hydrogen-bond donors (Lipinski definition) is 2. The maximum absolute atomic E-state index is 12.4. The first-order valence-corrected chi connectivity index (χ1v) is 10.1. The largest absolute Gasteiger partial charge is 0.369 e. The molecule has 7 nitrogen and oxygen atoms in total. The predicted molar refractivity (Wildman–Crippen MR) is 80.4 cm³/mol. The Labute approximate surface area is 125 Å². The quantitative estimate of drug-likeness (QED) is 0.806. The normalized spacial score (nSPS) is 19.3. The summed E-state index contributed by atoms with van der Waals surface area (Å²) in [4.78, 5) is 4.11. The van der Waals surface area contributed by atoms with Crippen molar-refractivity contribution in [3.8, 4) is 0 Å². The molecule has 0 bridgehead atoms. The van der Waals surface area contributed by atoms with Crippen LogP contribution in [0.5, 0.6) is 0 Å². The first-order chi connectivity index (χ1) is 9.84. The fourth-order valence-electron chi connectivity index (χ4n) is 2.20. The van der Waals surface area contributed by atoms with Gasteiger partial charge in [-0.15, -0.1) is 0 Å². The Hall–Kier alpha value is -1.19. The van der Waals surface area contributed by atoms with Gasteiger partial charge in [0.25, 0.3) is 0 Å². The average Bonchev–Trinajstić information content (AvgIpc) is 2.42. The van der Waals surface area contributed by atoms with E-state index in [2.05, 4.69) is 15.0 Å². The Morgan fingerprint density at radius 3 is 2.62 bits per heavy atom. The summed E-state index contributed by atoms with van der Waals surface area (Å²) in [7, 11) is -6.73. The van der Waals surface area contributed by atoms with Crippen molar-refractivity contribution in [3.05, 3.63) is 18.3 Å². The summed E-state index contributed by atoms with van der Waals surface area (Å²) in [6.45, 7) is 2.41. The SMILES string of the molecule is CCNc1ncccc1S(=O)(=O)NC1CCS(=O)(=O)CC1. The smallest absolute Gasteiger partial charge is 0.244 e. The van der Waals surface area contributed by atoms with Crippen molar-refractivity contribution in [2.45, 2.75) is 30.7 Å². The van der Waals surface area contributed by atoms with Crippen LogP contribution in [0.1, 0.15) is 19.8 Å². The molecule has 0 unspecified atom stereocenters. The molecule has 2 rings (SSSR count). The van der Waals surface area contributed by atoms with E-state index in [1.165, 1.54) is 12.3 Å². The summed E-state index contributed by atoms with van der Waals surface area (Å²) in [6.07, 6.45) is 2.13. The van der Waals surface area contributed by atoms with E-state index < -0.39 is 19.9 Å². The number of anilines is 1. The average molecular weight is 333 g/mol. The molecule has 9 heteroatoms. The molecular formula is C12H19N3O4S2. The number of hydrogen-bond acceptors (Lipinski definition) is 6. The highest BCUT2D eigenvalue weighted by Crippen LogP contribution is 2.20. The summed E-state index contributed by atoms with van der Waals surface area (Å²) < 4.78 is 50.2. The lowest BCUT2D eigenvalue weighted by molar-refractivity contribution is 0.505. The molecule has 0 saturated carbocycles. The molecule has 2 heterocycles. The molecule has 0 aliphatic carbocycles. The number of sulfonamides is 1. The van der Waals surface area contributed by atoms with Crippen LogP contribution in [0.15, 0.2) is 23.2 Å². The molecule has 2 N–H and O–H groups in total. The van der Waals surface area contributed by atoms with Crippen molar-refractivity contribution in [1.82, 2.24) is 9.71 Å². The van der Waals surface area contributed by atoms with E-state index in [1.807, 2.05) is 6.92 Å². The van der Waals surface area contributed by atoms with Gasteiger partial charge in [0.05, 0.1) is 11.5 Å². The van der Waals surface area contributed by atoms with Gasteiger partial charge in [-0.3, -0.25) is 0 Å². The van der Waals surface area contributed by atoms with E-state index in [9.17, 15) is 16.8 Å². The Balaban J connectivity index is 2.16. The highest BCUT2D eigenvalue weighted by atomic mass is 32.2. The minimum Gasteiger partial charge on any atom is -0.369 e. The van der Waals surface area contributed by atoms with Crippen molar-refractivity contribution < 1.29 is 16.8 Å². The fourth-order valence-corrected chi connectivity index (χ4v) is 5.13. The number of pyridine rings is 1. The molecule has 1 aliphatic rings. The first kappa shape index (κ1) is 16.2. The Bertz CT molecular complexity index is 687. The Morgan fingerprint density at radius 2 is 2.00 bits per heavy atom. The van der Waals surface area contributed by atoms with Crippen LogP contribution < -0.4 is 10.0 Å². The predicted octanol–water partition coefficient (Wildman–Crippen LogP) is 0.369. The van der Waals surface area contributed by atoms with E-state index in [0.717, 1.165) is 0 Å². The van der Waals surface area contributed by atoms with Gasteiger partial charge in [-0.25, -0.2) is 26.5 Å². The third-order valence-electron chi connectivity index (χ3n) is 3.28. The number of sulfone groups is 1. The van der Waals surface area contributed by atoms with Crippen LogP contribution in [-0.2, 0) is 19.9 Å².